The van der Waals surface area contributed by atoms with Crippen molar-refractivity contribution >= 4 is 17.8 Å². The molecule has 2 heterocycles. The second-order valence-electron chi connectivity index (χ2n) is 9.03. The van der Waals surface area contributed by atoms with Crippen molar-refractivity contribution in [1.29, 1.82) is 0 Å². The summed E-state index contributed by atoms with van der Waals surface area (Å²) in [5.74, 6) is -0.421. The van der Waals surface area contributed by atoms with E-state index in [0.29, 0.717) is 37.6 Å². The molecule has 8 nitrogen and oxygen atoms in total. The molecule has 2 rings (SSSR count). The van der Waals surface area contributed by atoms with E-state index in [1.165, 1.54) is 38.2 Å². The summed E-state index contributed by atoms with van der Waals surface area (Å²) in [6.07, 6.45) is 10.2. The van der Waals surface area contributed by atoms with Gasteiger partial charge in [0.15, 0.2) is 0 Å². The normalized spacial score (nSPS) is 15.8. The Bertz CT molecular complexity index is 871. The van der Waals surface area contributed by atoms with Gasteiger partial charge in [-0.1, -0.05) is 58.1 Å². The van der Waals surface area contributed by atoms with E-state index in [2.05, 4.69) is 23.5 Å². The third kappa shape index (κ3) is 7.64. The van der Waals surface area contributed by atoms with Crippen LogP contribution in [0.2, 0.25) is 0 Å². The van der Waals surface area contributed by atoms with E-state index in [4.69, 9.17) is 4.74 Å². The molecule has 0 aliphatic carbocycles. The molecule has 1 aromatic heterocycles. The number of carbonyl (C=O) groups excluding carboxylic acids is 3. The first kappa shape index (κ1) is 27.5. The van der Waals surface area contributed by atoms with E-state index < -0.39 is 5.97 Å². The Kier molecular flexibility index (Phi) is 11.2. The lowest BCUT2D eigenvalue weighted by Crippen LogP contribution is -2.55. The van der Waals surface area contributed by atoms with Crippen LogP contribution in [-0.4, -0.2) is 69.8 Å². The van der Waals surface area contributed by atoms with Crippen molar-refractivity contribution in [2.75, 3.05) is 26.2 Å². The highest BCUT2D eigenvalue weighted by Gasteiger charge is 2.33. The van der Waals surface area contributed by atoms with Crippen LogP contribution in [0, 0.1) is 13.8 Å². The molecule has 0 N–H and O–H groups in total. The van der Waals surface area contributed by atoms with Crippen molar-refractivity contribution in [3.8, 4) is 0 Å². The Balaban J connectivity index is 1.97. The number of hydrogen-bond acceptors (Lipinski definition) is 6. The summed E-state index contributed by atoms with van der Waals surface area (Å²) in [7, 11) is 0. The molecule has 0 radical (unpaired) electrons. The van der Waals surface area contributed by atoms with E-state index in [-0.39, 0.29) is 35.7 Å². The number of unbranched alkanes of at least 4 members (excludes halogenated alkanes) is 6. The summed E-state index contributed by atoms with van der Waals surface area (Å²) in [5.41, 5.74) is 0.540. The van der Waals surface area contributed by atoms with E-state index in [1.54, 1.807) is 18.7 Å². The predicted molar refractivity (Wildman–Crippen MR) is 132 cm³/mol. The van der Waals surface area contributed by atoms with Gasteiger partial charge in [-0.3, -0.25) is 9.59 Å². The summed E-state index contributed by atoms with van der Waals surface area (Å²) in [4.78, 5) is 50.7. The second kappa shape index (κ2) is 13.8. The first-order chi connectivity index (χ1) is 16.3. The topological polar surface area (TPSA) is 92.7 Å². The minimum atomic E-state index is -0.641. The van der Waals surface area contributed by atoms with Crippen LogP contribution < -0.4 is 0 Å². The Hall–Kier alpha value is -2.77. The fourth-order valence-corrected chi connectivity index (χ4v) is 4.36. The number of carbonyl (C=O) groups is 3. The summed E-state index contributed by atoms with van der Waals surface area (Å²) >= 11 is 0. The smallest absolute Gasteiger partial charge is 0.342 e. The van der Waals surface area contributed by atoms with Crippen molar-refractivity contribution in [1.82, 2.24) is 19.8 Å². The number of piperazine rings is 1. The minimum absolute atomic E-state index is 0.0380. The average molecular weight is 473 g/mol. The fourth-order valence-electron chi connectivity index (χ4n) is 4.36. The summed E-state index contributed by atoms with van der Waals surface area (Å²) in [6.45, 7) is 12.4. The molecule has 0 aromatic carbocycles. The van der Waals surface area contributed by atoms with Crippen LogP contribution in [0.1, 0.15) is 97.6 Å². The van der Waals surface area contributed by atoms with Gasteiger partial charge in [-0.15, -0.1) is 0 Å². The number of aromatic nitrogens is 2. The van der Waals surface area contributed by atoms with Crippen molar-refractivity contribution in [3.63, 3.8) is 0 Å². The maximum Gasteiger partial charge on any atom is 0.342 e. The highest BCUT2D eigenvalue weighted by Crippen LogP contribution is 2.19. The molecule has 1 aliphatic rings. The monoisotopic (exact) mass is 472 g/mol. The molecule has 1 atom stereocenters. The molecule has 0 spiro atoms. The summed E-state index contributed by atoms with van der Waals surface area (Å²) in [5, 5.41) is 0. The van der Waals surface area contributed by atoms with Gasteiger partial charge in [0, 0.05) is 32.1 Å². The Morgan fingerprint density at radius 1 is 1.06 bits per heavy atom. The lowest BCUT2D eigenvalue weighted by molar-refractivity contribution is -0.135. The largest absolute Gasteiger partial charge is 0.458 e. The maximum absolute atomic E-state index is 13.3. The molecule has 1 aromatic rings. The Morgan fingerprint density at radius 2 is 1.74 bits per heavy atom. The molecule has 0 saturated carbocycles. The van der Waals surface area contributed by atoms with E-state index in [9.17, 15) is 14.4 Å². The van der Waals surface area contributed by atoms with E-state index in [1.807, 2.05) is 11.8 Å². The average Bonchev–Trinajstić information content (AvgIpc) is 2.80. The van der Waals surface area contributed by atoms with Crippen molar-refractivity contribution in [2.24, 2.45) is 0 Å². The molecule has 188 valence electrons. The molecule has 1 unspecified atom stereocenters. The van der Waals surface area contributed by atoms with Gasteiger partial charge in [-0.2, -0.15) is 0 Å². The van der Waals surface area contributed by atoms with Crippen molar-refractivity contribution < 1.29 is 19.1 Å². The molecule has 2 amide bonds. The third-order valence-electron chi connectivity index (χ3n) is 6.17. The van der Waals surface area contributed by atoms with Crippen molar-refractivity contribution in [2.45, 2.75) is 85.1 Å². The number of esters is 1. The quantitative estimate of drug-likeness (QED) is 0.256. The zero-order valence-electron chi connectivity index (χ0n) is 21.3. The molecule has 34 heavy (non-hydrogen) atoms. The van der Waals surface area contributed by atoms with Gasteiger partial charge in [-0.25, -0.2) is 14.8 Å². The molecule has 1 saturated heterocycles. The van der Waals surface area contributed by atoms with Crippen LogP contribution in [0.4, 0.5) is 0 Å². The van der Waals surface area contributed by atoms with Gasteiger partial charge in [0.1, 0.15) is 23.7 Å². The number of ether oxygens (including phenoxy) is 1. The van der Waals surface area contributed by atoms with Crippen LogP contribution in [-0.2, 0) is 9.53 Å². The number of hydrogen-bond donors (Lipinski definition) is 0. The first-order valence-electron chi connectivity index (χ1n) is 12.5. The number of aryl methyl sites for hydroxylation is 2. The summed E-state index contributed by atoms with van der Waals surface area (Å²) < 4.78 is 5.16. The van der Waals surface area contributed by atoms with Gasteiger partial charge < -0.3 is 14.5 Å². The lowest BCUT2D eigenvalue weighted by atomic mass is 10.1. The molecule has 0 bridgehead atoms. The molecule has 1 aliphatic heterocycles. The van der Waals surface area contributed by atoms with Gasteiger partial charge in [0.05, 0.1) is 5.69 Å². The first-order valence-corrected chi connectivity index (χ1v) is 12.5. The maximum atomic E-state index is 13.3. The Morgan fingerprint density at radius 3 is 2.38 bits per heavy atom. The highest BCUT2D eigenvalue weighted by molar-refractivity contribution is 6.04. The minimum Gasteiger partial charge on any atom is -0.458 e. The van der Waals surface area contributed by atoms with Gasteiger partial charge >= 0.3 is 5.97 Å². The SMILES string of the molecule is C=CCOC(=O)c1c(C)nc(C)nc1C(=O)N1CCN(C(=O)CCCCCCCCC)C(C)C1. The summed E-state index contributed by atoms with van der Waals surface area (Å²) in [6, 6.07) is -0.102. The van der Waals surface area contributed by atoms with Crippen LogP contribution in [0.3, 0.4) is 0 Å². The van der Waals surface area contributed by atoms with E-state index >= 15 is 0 Å². The molecule has 8 heteroatoms. The fraction of sp³-hybridized carbons (Fsp3) is 0.654. The number of nitrogens with zero attached hydrogens (tertiary/aromatic N) is 4. The zero-order valence-corrected chi connectivity index (χ0v) is 21.3. The molecule has 1 fully saturated rings. The highest BCUT2D eigenvalue weighted by atomic mass is 16.5. The van der Waals surface area contributed by atoms with Crippen LogP contribution in [0.5, 0.6) is 0 Å². The third-order valence-corrected chi connectivity index (χ3v) is 6.17. The zero-order chi connectivity index (χ0) is 25.1. The van der Waals surface area contributed by atoms with Gasteiger partial charge in [-0.05, 0) is 27.2 Å². The Labute approximate surface area is 203 Å². The van der Waals surface area contributed by atoms with Crippen LogP contribution >= 0.6 is 0 Å². The van der Waals surface area contributed by atoms with Gasteiger partial charge in [0.25, 0.3) is 5.91 Å². The predicted octanol–water partition coefficient (Wildman–Crippen LogP) is 4.25. The second-order valence-corrected chi connectivity index (χ2v) is 9.03. The van der Waals surface area contributed by atoms with Crippen molar-refractivity contribution in [3.05, 3.63) is 35.4 Å². The number of amides is 2. The van der Waals surface area contributed by atoms with Crippen LogP contribution in [0.25, 0.3) is 0 Å². The van der Waals surface area contributed by atoms with E-state index in [0.717, 1.165) is 12.8 Å². The standard InChI is InChI=1S/C26H40N4O4/c1-6-8-9-10-11-12-13-14-22(31)30-16-15-29(18-19(30)3)25(32)24-23(26(33)34-17-7-2)20(4)27-21(5)28-24/h7,19H,2,6,8-18H2,1,3-5H3. The molecular formula is C26H40N4O4. The van der Waals surface area contributed by atoms with Crippen LogP contribution in [0.15, 0.2) is 12.7 Å². The molecular weight excluding hydrogens is 432 g/mol. The number of rotatable bonds is 12. The van der Waals surface area contributed by atoms with Gasteiger partial charge in [0.2, 0.25) is 5.91 Å². The lowest BCUT2D eigenvalue weighted by Gasteiger charge is -2.40.